The monoisotopic (exact) mass is 1620 g/mol. The predicted octanol–water partition coefficient (Wildman–Crippen LogP) is 28.4. The molecular weight excluding hydrogens is 1440 g/mol. The second kappa shape index (κ2) is 81.8. The van der Waals surface area contributed by atoms with Crippen molar-refractivity contribution in [3.8, 4) is 0 Å². The summed E-state index contributed by atoms with van der Waals surface area (Å²) in [6, 6.07) is 0. The normalized spacial score (nSPS) is 13.8. The topological polar surface area (TPSA) is 237 Å². The van der Waals surface area contributed by atoms with E-state index in [1.54, 1.807) is 0 Å². The summed E-state index contributed by atoms with van der Waals surface area (Å²) < 4.78 is 69.1. The molecule has 111 heavy (non-hydrogen) atoms. The molecule has 5 atom stereocenters. The standard InChI is InChI=1S/C92H180O17P2/c1-8-9-10-11-12-13-14-38-45-52-59-66-73-89(94)102-79-87(108-92(97)76-69-62-55-48-41-34-28-27-31-37-44-51-58-65-72-85(6)7)81-106-110(98,99)104-77-86(93)78-105-111(100,101)107-82-88(109-91(96)75-68-61-54-47-40-33-26-22-18-16-20-24-30-36-43-50-57-64-71-84(4)5)80-103-90(95)74-67-60-53-46-39-32-25-21-17-15-19-23-29-35-42-49-56-63-70-83(2)3/h83-88,93H,8-82H2,1-7H3,(H,98,99)(H,100,101)/t86-,87+,88+/m0/s1. The molecule has 660 valence electrons. The number of hydrogen-bond acceptors (Lipinski definition) is 15. The lowest BCUT2D eigenvalue weighted by Gasteiger charge is -2.21. The van der Waals surface area contributed by atoms with Gasteiger partial charge in [0, 0.05) is 25.7 Å². The van der Waals surface area contributed by atoms with Gasteiger partial charge in [-0.3, -0.25) is 37.3 Å². The molecule has 0 radical (unpaired) electrons. The van der Waals surface area contributed by atoms with Gasteiger partial charge < -0.3 is 33.8 Å². The van der Waals surface area contributed by atoms with E-state index in [4.69, 9.17) is 37.0 Å². The zero-order chi connectivity index (χ0) is 81.5. The zero-order valence-electron chi connectivity index (χ0n) is 73.4. The first-order chi connectivity index (χ1) is 53.7. The molecule has 3 N–H and O–H groups in total. The third-order valence-corrected chi connectivity index (χ3v) is 23.5. The predicted molar refractivity (Wildman–Crippen MR) is 460 cm³/mol. The lowest BCUT2D eigenvalue weighted by Crippen LogP contribution is -2.30. The molecule has 0 bridgehead atoms. The quantitative estimate of drug-likeness (QED) is 0.0222. The summed E-state index contributed by atoms with van der Waals surface area (Å²) >= 11 is 0. The molecule has 0 aromatic heterocycles. The van der Waals surface area contributed by atoms with Crippen LogP contribution in [0.2, 0.25) is 0 Å². The molecule has 0 aliphatic heterocycles. The van der Waals surface area contributed by atoms with Crippen molar-refractivity contribution in [1.29, 1.82) is 0 Å². The molecular formula is C92H180O17P2. The number of phosphoric acid groups is 2. The molecule has 0 saturated heterocycles. The van der Waals surface area contributed by atoms with Gasteiger partial charge in [-0.15, -0.1) is 0 Å². The largest absolute Gasteiger partial charge is 0.472 e. The molecule has 0 amide bonds. The third kappa shape index (κ3) is 85.8. The number of ether oxygens (including phenoxy) is 4. The van der Waals surface area contributed by atoms with Gasteiger partial charge in [0.05, 0.1) is 26.4 Å². The van der Waals surface area contributed by atoms with Crippen molar-refractivity contribution in [2.45, 2.75) is 510 Å². The van der Waals surface area contributed by atoms with Gasteiger partial charge in [0.2, 0.25) is 0 Å². The van der Waals surface area contributed by atoms with Crippen LogP contribution in [-0.4, -0.2) is 96.7 Å². The van der Waals surface area contributed by atoms with Gasteiger partial charge in [-0.2, -0.15) is 0 Å². The van der Waals surface area contributed by atoms with Crippen LogP contribution in [0.3, 0.4) is 0 Å². The molecule has 17 nitrogen and oxygen atoms in total. The smallest absolute Gasteiger partial charge is 0.462 e. The summed E-state index contributed by atoms with van der Waals surface area (Å²) in [5.41, 5.74) is 0. The minimum absolute atomic E-state index is 0.108. The lowest BCUT2D eigenvalue weighted by molar-refractivity contribution is -0.161. The Morgan fingerprint density at radius 2 is 0.414 bits per heavy atom. The second-order valence-electron chi connectivity index (χ2n) is 34.5. The molecule has 0 aliphatic rings. The molecule has 0 aromatic rings. The maximum Gasteiger partial charge on any atom is 0.472 e. The molecule has 0 aliphatic carbocycles. The summed E-state index contributed by atoms with van der Waals surface area (Å²) in [6.45, 7) is 12.1. The highest BCUT2D eigenvalue weighted by Gasteiger charge is 2.31. The van der Waals surface area contributed by atoms with Gasteiger partial charge in [0.15, 0.2) is 12.2 Å². The fourth-order valence-corrected chi connectivity index (χ4v) is 16.0. The van der Waals surface area contributed by atoms with E-state index in [0.717, 1.165) is 108 Å². The number of esters is 4. The molecule has 0 saturated carbocycles. The number of hydrogen-bond donors (Lipinski definition) is 3. The number of rotatable bonds is 90. The molecule has 2 unspecified atom stereocenters. The van der Waals surface area contributed by atoms with Crippen LogP contribution in [0.25, 0.3) is 0 Å². The molecule has 19 heteroatoms. The number of phosphoric ester groups is 2. The van der Waals surface area contributed by atoms with Crippen LogP contribution in [0.5, 0.6) is 0 Å². The number of aliphatic hydroxyl groups excluding tert-OH is 1. The fourth-order valence-electron chi connectivity index (χ4n) is 14.4. The minimum Gasteiger partial charge on any atom is -0.462 e. The Morgan fingerprint density at radius 3 is 0.613 bits per heavy atom. The Bertz CT molecular complexity index is 2130. The molecule has 0 rings (SSSR count). The number of carbonyl (C=O) groups is 4. The molecule has 0 fully saturated rings. The first kappa shape index (κ1) is 109. The summed E-state index contributed by atoms with van der Waals surface area (Å²) in [6.07, 6.45) is 75.0. The van der Waals surface area contributed by atoms with E-state index in [1.165, 1.54) is 302 Å². The molecule has 0 spiro atoms. The first-order valence-corrected chi connectivity index (χ1v) is 50.3. The van der Waals surface area contributed by atoms with E-state index < -0.39 is 97.5 Å². The van der Waals surface area contributed by atoms with Crippen LogP contribution >= 0.6 is 15.6 Å². The van der Waals surface area contributed by atoms with Crippen molar-refractivity contribution in [3.05, 3.63) is 0 Å². The van der Waals surface area contributed by atoms with Crippen LogP contribution in [-0.2, 0) is 65.4 Å². The highest BCUT2D eigenvalue weighted by atomic mass is 31.2. The van der Waals surface area contributed by atoms with Crippen molar-refractivity contribution < 1.29 is 80.2 Å². The Morgan fingerprint density at radius 1 is 0.243 bits per heavy atom. The van der Waals surface area contributed by atoms with Crippen molar-refractivity contribution in [2.75, 3.05) is 39.6 Å². The van der Waals surface area contributed by atoms with Crippen molar-refractivity contribution >= 4 is 39.5 Å². The van der Waals surface area contributed by atoms with E-state index in [1.807, 2.05) is 0 Å². The van der Waals surface area contributed by atoms with E-state index in [2.05, 4.69) is 48.5 Å². The summed E-state index contributed by atoms with van der Waals surface area (Å²) in [4.78, 5) is 73.5. The van der Waals surface area contributed by atoms with Crippen LogP contribution in [0.1, 0.15) is 492 Å². The average molecular weight is 1620 g/mol. The van der Waals surface area contributed by atoms with Crippen molar-refractivity contribution in [3.63, 3.8) is 0 Å². The van der Waals surface area contributed by atoms with Crippen LogP contribution < -0.4 is 0 Å². The van der Waals surface area contributed by atoms with Gasteiger partial charge in [-0.25, -0.2) is 9.13 Å². The maximum atomic E-state index is 13.2. The van der Waals surface area contributed by atoms with Gasteiger partial charge in [0.25, 0.3) is 0 Å². The second-order valence-corrected chi connectivity index (χ2v) is 37.4. The Balaban J connectivity index is 5.24. The third-order valence-electron chi connectivity index (χ3n) is 21.6. The van der Waals surface area contributed by atoms with Gasteiger partial charge >= 0.3 is 39.5 Å². The maximum absolute atomic E-state index is 13.2. The summed E-state index contributed by atoms with van der Waals surface area (Å²) in [5.74, 6) is 0.343. The minimum atomic E-state index is -4.97. The summed E-state index contributed by atoms with van der Waals surface area (Å²) in [5, 5.41) is 10.7. The number of carbonyl (C=O) groups excluding carboxylic acids is 4. The SMILES string of the molecule is CCCCCCCCCCCCCCC(=O)OC[C@H](COP(=O)(O)OC[C@H](O)COP(=O)(O)OC[C@@H](COC(=O)CCCCCCCCCCCCCCCCCCCCC(C)C)OC(=O)CCCCCCCCCCCCCCCCCCCCC(C)C)OC(=O)CCCCCCCCCCCCCCCCC(C)C. The zero-order valence-corrected chi connectivity index (χ0v) is 75.2. The Kier molecular flexibility index (Phi) is 80.4. The summed E-state index contributed by atoms with van der Waals surface area (Å²) in [7, 11) is -9.94. The lowest BCUT2D eigenvalue weighted by atomic mass is 10.0. The van der Waals surface area contributed by atoms with Gasteiger partial charge in [-0.1, -0.05) is 440 Å². The highest BCUT2D eigenvalue weighted by Crippen LogP contribution is 2.45. The van der Waals surface area contributed by atoms with Crippen molar-refractivity contribution in [2.24, 2.45) is 17.8 Å². The number of aliphatic hydroxyl groups is 1. The van der Waals surface area contributed by atoms with E-state index in [9.17, 15) is 43.2 Å². The fraction of sp³-hybridized carbons (Fsp3) is 0.957. The van der Waals surface area contributed by atoms with Gasteiger partial charge in [-0.05, 0) is 43.4 Å². The Hall–Kier alpha value is -1.94. The van der Waals surface area contributed by atoms with E-state index in [0.29, 0.717) is 25.7 Å². The van der Waals surface area contributed by atoms with Gasteiger partial charge in [0.1, 0.15) is 19.3 Å². The molecule has 0 heterocycles. The van der Waals surface area contributed by atoms with Crippen molar-refractivity contribution in [1.82, 2.24) is 0 Å². The first-order valence-electron chi connectivity index (χ1n) is 47.3. The van der Waals surface area contributed by atoms with E-state index >= 15 is 0 Å². The van der Waals surface area contributed by atoms with Crippen LogP contribution in [0.4, 0.5) is 0 Å². The van der Waals surface area contributed by atoms with Crippen LogP contribution in [0, 0.1) is 17.8 Å². The average Bonchev–Trinajstić information content (AvgIpc) is 0.898. The number of unbranched alkanes of at least 4 members (excludes halogenated alkanes) is 58. The van der Waals surface area contributed by atoms with E-state index in [-0.39, 0.29) is 25.7 Å². The Labute approximate surface area is 683 Å². The molecule has 0 aromatic carbocycles. The van der Waals surface area contributed by atoms with Crippen LogP contribution in [0.15, 0.2) is 0 Å². The highest BCUT2D eigenvalue weighted by molar-refractivity contribution is 7.47.